The molecule has 5 rings (SSSR count). The van der Waals surface area contributed by atoms with Crippen LogP contribution in [0, 0.1) is 0 Å². The summed E-state index contributed by atoms with van der Waals surface area (Å²) in [5, 5.41) is 14.4. The first-order valence-electron chi connectivity index (χ1n) is 10.0. The quantitative estimate of drug-likeness (QED) is 0.433. The van der Waals surface area contributed by atoms with E-state index in [0.717, 1.165) is 16.8 Å². The number of nitrogens with one attached hydrogen (secondary N) is 2. The first kappa shape index (κ1) is 19.4. The van der Waals surface area contributed by atoms with Crippen LogP contribution in [-0.2, 0) is 6.54 Å². The van der Waals surface area contributed by atoms with Crippen LogP contribution in [0.1, 0.15) is 16.1 Å². The van der Waals surface area contributed by atoms with Gasteiger partial charge >= 0.3 is 0 Å². The minimum atomic E-state index is -0.324. The number of hydrogen-bond donors (Lipinski definition) is 2. The molecule has 0 atom stereocenters. The summed E-state index contributed by atoms with van der Waals surface area (Å²) in [7, 11) is 1.93. The Morgan fingerprint density at radius 1 is 1.09 bits per heavy atom. The van der Waals surface area contributed by atoms with E-state index in [2.05, 4.69) is 30.6 Å². The molecule has 9 heteroatoms. The highest BCUT2D eigenvalue weighted by Gasteiger charge is 2.25. The molecule has 0 radical (unpaired) electrons. The number of nitrogens with zero attached hydrogens (tertiary/aromatic N) is 6. The van der Waals surface area contributed by atoms with E-state index in [0.29, 0.717) is 23.6 Å². The van der Waals surface area contributed by atoms with Crippen LogP contribution in [0.4, 0.5) is 11.4 Å². The number of carbonyl (C=O) groups excluding carboxylic acids is 1. The molecule has 32 heavy (non-hydrogen) atoms. The fourth-order valence-electron chi connectivity index (χ4n) is 3.61. The van der Waals surface area contributed by atoms with Crippen molar-refractivity contribution in [3.05, 3.63) is 90.8 Å². The zero-order chi connectivity index (χ0) is 21.9. The fraction of sp³-hybridized carbons (Fsp3) is 0.0870. The molecule has 0 unspecified atom stereocenters. The highest BCUT2D eigenvalue weighted by Crippen LogP contribution is 2.29. The zero-order valence-corrected chi connectivity index (χ0v) is 17.3. The van der Waals surface area contributed by atoms with Crippen molar-refractivity contribution < 1.29 is 4.79 Å². The van der Waals surface area contributed by atoms with Crippen molar-refractivity contribution in [1.82, 2.24) is 29.8 Å². The number of aromatic amines is 1. The minimum absolute atomic E-state index is 0.281. The SMILES string of the molecule is CN(Cc1ccccc1)c1c(C(=O)Nc2ccncc2)nn2c(-c3cn[nH]c3)ccnc12. The summed E-state index contributed by atoms with van der Waals surface area (Å²) in [5.41, 5.74) is 4.89. The van der Waals surface area contributed by atoms with Gasteiger partial charge in [0.1, 0.15) is 5.69 Å². The Morgan fingerprint density at radius 2 is 1.91 bits per heavy atom. The lowest BCUT2D eigenvalue weighted by Crippen LogP contribution is -2.21. The van der Waals surface area contributed by atoms with Gasteiger partial charge in [-0.1, -0.05) is 30.3 Å². The van der Waals surface area contributed by atoms with Gasteiger partial charge in [-0.3, -0.25) is 14.9 Å². The van der Waals surface area contributed by atoms with E-state index in [1.165, 1.54) is 0 Å². The molecular formula is C23H20N8O. The third kappa shape index (κ3) is 3.67. The smallest absolute Gasteiger partial charge is 0.278 e. The van der Waals surface area contributed by atoms with Crippen LogP contribution < -0.4 is 10.2 Å². The second-order valence-corrected chi connectivity index (χ2v) is 7.28. The van der Waals surface area contributed by atoms with E-state index >= 15 is 0 Å². The number of H-pyrrole nitrogens is 1. The van der Waals surface area contributed by atoms with Gasteiger partial charge in [0.15, 0.2) is 11.3 Å². The van der Waals surface area contributed by atoms with Crippen molar-refractivity contribution in [2.24, 2.45) is 0 Å². The molecule has 5 aromatic rings. The van der Waals surface area contributed by atoms with Crippen LogP contribution in [0.2, 0.25) is 0 Å². The molecule has 0 fully saturated rings. The van der Waals surface area contributed by atoms with E-state index in [4.69, 9.17) is 0 Å². The number of aromatic nitrogens is 6. The number of carbonyl (C=O) groups is 1. The first-order valence-corrected chi connectivity index (χ1v) is 10.0. The van der Waals surface area contributed by atoms with Gasteiger partial charge in [0.2, 0.25) is 0 Å². The van der Waals surface area contributed by atoms with Crippen LogP contribution in [0.5, 0.6) is 0 Å². The summed E-state index contributed by atoms with van der Waals surface area (Å²) in [5.74, 6) is -0.324. The Kier molecular flexibility index (Phi) is 5.04. The van der Waals surface area contributed by atoms with Gasteiger partial charge in [-0.15, -0.1) is 0 Å². The Balaban J connectivity index is 1.62. The predicted molar refractivity (Wildman–Crippen MR) is 121 cm³/mol. The van der Waals surface area contributed by atoms with E-state index in [1.807, 2.05) is 48.3 Å². The highest BCUT2D eigenvalue weighted by molar-refractivity contribution is 6.08. The van der Waals surface area contributed by atoms with Gasteiger partial charge in [0.05, 0.1) is 11.9 Å². The molecule has 1 aromatic carbocycles. The van der Waals surface area contributed by atoms with Crippen LogP contribution >= 0.6 is 0 Å². The van der Waals surface area contributed by atoms with Gasteiger partial charge < -0.3 is 10.2 Å². The normalized spacial score (nSPS) is 10.9. The highest BCUT2D eigenvalue weighted by atomic mass is 16.2. The predicted octanol–water partition coefficient (Wildman–Crippen LogP) is 3.40. The number of rotatable bonds is 6. The van der Waals surface area contributed by atoms with Gasteiger partial charge in [0.25, 0.3) is 5.91 Å². The van der Waals surface area contributed by atoms with Gasteiger partial charge in [0, 0.05) is 49.6 Å². The van der Waals surface area contributed by atoms with Gasteiger partial charge in [-0.05, 0) is 23.8 Å². The summed E-state index contributed by atoms with van der Waals surface area (Å²) in [6, 6.07) is 15.4. The lowest BCUT2D eigenvalue weighted by atomic mass is 10.2. The standard InChI is InChI=1S/C23H20N8O/c1-30(15-16-5-3-2-4-6-16)21-20(23(32)28-18-7-10-24-11-8-18)29-31-19(9-12-25-22(21)31)17-13-26-27-14-17/h2-14H,15H2,1H3,(H,26,27)(H,24,28,32). The van der Waals surface area contributed by atoms with Crippen molar-refractivity contribution in [3.63, 3.8) is 0 Å². The monoisotopic (exact) mass is 424 g/mol. The van der Waals surface area contributed by atoms with Crippen LogP contribution in [0.15, 0.2) is 79.5 Å². The van der Waals surface area contributed by atoms with Gasteiger partial charge in [-0.2, -0.15) is 10.2 Å². The number of hydrogen-bond acceptors (Lipinski definition) is 6. The minimum Gasteiger partial charge on any atom is -0.365 e. The Hall–Kier alpha value is -4.53. The molecule has 0 aliphatic carbocycles. The summed E-state index contributed by atoms with van der Waals surface area (Å²) < 4.78 is 1.68. The van der Waals surface area contributed by atoms with Crippen molar-refractivity contribution in [2.75, 3.05) is 17.3 Å². The van der Waals surface area contributed by atoms with Crippen LogP contribution in [-0.4, -0.2) is 42.7 Å². The third-order valence-corrected chi connectivity index (χ3v) is 5.09. The van der Waals surface area contributed by atoms with E-state index in [9.17, 15) is 4.79 Å². The lowest BCUT2D eigenvalue weighted by molar-refractivity contribution is 0.102. The molecule has 9 nitrogen and oxygen atoms in total. The Morgan fingerprint density at radius 3 is 2.66 bits per heavy atom. The zero-order valence-electron chi connectivity index (χ0n) is 17.3. The second kappa shape index (κ2) is 8.31. The number of amides is 1. The third-order valence-electron chi connectivity index (χ3n) is 5.09. The maximum absolute atomic E-state index is 13.3. The van der Waals surface area contributed by atoms with Crippen molar-refractivity contribution in [1.29, 1.82) is 0 Å². The number of anilines is 2. The maximum atomic E-state index is 13.3. The second-order valence-electron chi connectivity index (χ2n) is 7.28. The van der Waals surface area contributed by atoms with E-state index < -0.39 is 0 Å². The number of fused-ring (bicyclic) bond motifs is 1. The molecule has 0 spiro atoms. The summed E-state index contributed by atoms with van der Waals surface area (Å²) >= 11 is 0. The van der Waals surface area contributed by atoms with E-state index in [-0.39, 0.29) is 11.6 Å². The molecule has 0 aliphatic rings. The van der Waals surface area contributed by atoms with E-state index in [1.54, 1.807) is 47.6 Å². The average molecular weight is 424 g/mol. The molecular weight excluding hydrogens is 404 g/mol. The molecule has 0 bridgehead atoms. The molecule has 0 saturated carbocycles. The van der Waals surface area contributed by atoms with Crippen LogP contribution in [0.25, 0.3) is 16.9 Å². The number of benzene rings is 1. The lowest BCUT2D eigenvalue weighted by Gasteiger charge is -2.19. The Bertz CT molecular complexity index is 1350. The molecule has 158 valence electrons. The molecule has 4 aromatic heterocycles. The first-order chi connectivity index (χ1) is 15.7. The molecule has 4 heterocycles. The van der Waals surface area contributed by atoms with Crippen molar-refractivity contribution in [3.8, 4) is 11.3 Å². The largest absolute Gasteiger partial charge is 0.365 e. The molecule has 0 aliphatic heterocycles. The molecule has 0 saturated heterocycles. The van der Waals surface area contributed by atoms with Crippen molar-refractivity contribution >= 4 is 22.9 Å². The average Bonchev–Trinajstić information content (AvgIpc) is 3.48. The number of pyridine rings is 1. The summed E-state index contributed by atoms with van der Waals surface area (Å²) in [6.07, 6.45) is 8.45. The van der Waals surface area contributed by atoms with Crippen molar-refractivity contribution in [2.45, 2.75) is 6.54 Å². The maximum Gasteiger partial charge on any atom is 0.278 e. The Labute approximate surface area is 183 Å². The molecule has 2 N–H and O–H groups in total. The summed E-state index contributed by atoms with van der Waals surface area (Å²) in [4.78, 5) is 23.8. The topological polar surface area (TPSA) is 104 Å². The summed E-state index contributed by atoms with van der Waals surface area (Å²) in [6.45, 7) is 0.593. The fourth-order valence-corrected chi connectivity index (χ4v) is 3.61. The van der Waals surface area contributed by atoms with Gasteiger partial charge in [-0.25, -0.2) is 9.50 Å². The van der Waals surface area contributed by atoms with Crippen LogP contribution in [0.3, 0.4) is 0 Å². The molecule has 1 amide bonds.